The molecule has 0 amide bonds. The Balaban J connectivity index is 0.00000450. The third kappa shape index (κ3) is 8.21. The predicted octanol–water partition coefficient (Wildman–Crippen LogP) is 4.22. The van der Waals surface area contributed by atoms with E-state index in [2.05, 4.69) is 20.4 Å². The zero-order valence-electron chi connectivity index (χ0n) is 17.3. The number of para-hydroxylation sites is 1. The van der Waals surface area contributed by atoms with Crippen LogP contribution < -0.4 is 24.8 Å². The van der Waals surface area contributed by atoms with E-state index in [9.17, 15) is 8.78 Å². The molecule has 6 nitrogen and oxygen atoms in total. The minimum atomic E-state index is -2.93. The van der Waals surface area contributed by atoms with Crippen molar-refractivity contribution >= 4 is 29.9 Å². The van der Waals surface area contributed by atoms with Gasteiger partial charge in [-0.25, -0.2) is 0 Å². The van der Waals surface area contributed by atoms with Gasteiger partial charge in [-0.3, -0.25) is 4.99 Å². The summed E-state index contributed by atoms with van der Waals surface area (Å²) in [5, 5.41) is 6.32. The Morgan fingerprint density at radius 3 is 2.43 bits per heavy atom. The van der Waals surface area contributed by atoms with Crippen molar-refractivity contribution in [3.63, 3.8) is 0 Å². The molecule has 0 bridgehead atoms. The number of aliphatic imine (C=N–C) groups is 1. The maximum absolute atomic E-state index is 12.8. The monoisotopic (exact) mass is 535 g/mol. The summed E-state index contributed by atoms with van der Waals surface area (Å²) in [6, 6.07) is 12.9. The number of ether oxygens (including phenoxy) is 3. The molecule has 0 heterocycles. The van der Waals surface area contributed by atoms with Crippen LogP contribution in [0.5, 0.6) is 17.2 Å². The summed E-state index contributed by atoms with van der Waals surface area (Å²) in [4.78, 5) is 4.17. The van der Waals surface area contributed by atoms with Gasteiger partial charge in [0.1, 0.15) is 5.75 Å². The molecule has 2 aromatic carbocycles. The third-order valence-corrected chi connectivity index (χ3v) is 4.10. The number of halogens is 3. The van der Waals surface area contributed by atoms with Crippen molar-refractivity contribution in [2.45, 2.75) is 26.5 Å². The number of methoxy groups -OCH3 is 1. The molecule has 166 valence electrons. The highest BCUT2D eigenvalue weighted by atomic mass is 127. The van der Waals surface area contributed by atoms with Crippen molar-refractivity contribution in [2.75, 3.05) is 27.3 Å². The van der Waals surface area contributed by atoms with E-state index in [4.69, 9.17) is 9.47 Å². The largest absolute Gasteiger partial charge is 0.497 e. The summed E-state index contributed by atoms with van der Waals surface area (Å²) in [5.74, 6) is 1.69. The van der Waals surface area contributed by atoms with E-state index in [1.54, 1.807) is 39.3 Å². The number of hydrogen-bond donors (Lipinski definition) is 2. The molecule has 0 unspecified atom stereocenters. The van der Waals surface area contributed by atoms with Crippen molar-refractivity contribution in [2.24, 2.45) is 4.99 Å². The van der Waals surface area contributed by atoms with Crippen LogP contribution in [-0.4, -0.2) is 39.9 Å². The Hall–Kier alpha value is -2.30. The first-order valence-electron chi connectivity index (χ1n) is 9.34. The Bertz CT molecular complexity index is 790. The van der Waals surface area contributed by atoms with Gasteiger partial charge in [0, 0.05) is 25.7 Å². The minimum Gasteiger partial charge on any atom is -0.497 e. The first-order chi connectivity index (χ1) is 14.1. The van der Waals surface area contributed by atoms with Gasteiger partial charge in [0.05, 0.1) is 13.7 Å². The smallest absolute Gasteiger partial charge is 0.387 e. The van der Waals surface area contributed by atoms with Crippen LogP contribution in [0, 0.1) is 0 Å². The van der Waals surface area contributed by atoms with E-state index in [0.29, 0.717) is 24.7 Å². The van der Waals surface area contributed by atoms with E-state index < -0.39 is 6.61 Å². The van der Waals surface area contributed by atoms with Crippen LogP contribution in [0.15, 0.2) is 47.5 Å². The molecule has 2 rings (SSSR count). The summed E-state index contributed by atoms with van der Waals surface area (Å²) in [6.07, 6.45) is 0.796. The van der Waals surface area contributed by atoms with Crippen molar-refractivity contribution in [3.8, 4) is 17.2 Å². The number of hydrogen-bond acceptors (Lipinski definition) is 4. The summed E-state index contributed by atoms with van der Waals surface area (Å²) in [6.45, 7) is 0.116. The van der Waals surface area contributed by atoms with Crippen molar-refractivity contribution in [1.82, 2.24) is 10.6 Å². The van der Waals surface area contributed by atoms with Gasteiger partial charge in [-0.05, 0) is 37.1 Å². The normalized spacial score (nSPS) is 10.9. The molecule has 9 heteroatoms. The van der Waals surface area contributed by atoms with Crippen molar-refractivity contribution in [3.05, 3.63) is 53.6 Å². The topological polar surface area (TPSA) is 64.1 Å². The van der Waals surface area contributed by atoms with Gasteiger partial charge < -0.3 is 24.8 Å². The minimum absolute atomic E-state index is 0. The van der Waals surface area contributed by atoms with Gasteiger partial charge >= 0.3 is 6.61 Å². The van der Waals surface area contributed by atoms with E-state index >= 15 is 0 Å². The van der Waals surface area contributed by atoms with Crippen molar-refractivity contribution in [1.29, 1.82) is 0 Å². The first-order valence-corrected chi connectivity index (χ1v) is 9.34. The van der Waals surface area contributed by atoms with Crippen LogP contribution in [0.25, 0.3) is 0 Å². The lowest BCUT2D eigenvalue weighted by atomic mass is 10.1. The molecule has 30 heavy (non-hydrogen) atoms. The average molecular weight is 535 g/mol. The number of nitrogens with zero attached hydrogens (tertiary/aromatic N) is 1. The molecule has 0 aliphatic carbocycles. The third-order valence-electron chi connectivity index (χ3n) is 4.10. The standard InChI is InChI=1S/C21H27F2N3O3.HI/c1-4-28-18-7-5-6-16(19(18)29-20(22)23)14-26-21(24-2)25-13-12-15-8-10-17(27-3)11-9-15;/h5-11,20H,4,12-14H2,1-3H3,(H2,24,25,26);1H. The second-order valence-electron chi connectivity index (χ2n) is 6.01. The number of nitrogens with one attached hydrogen (secondary N) is 2. The van der Waals surface area contributed by atoms with Crippen LogP contribution in [-0.2, 0) is 13.0 Å². The van der Waals surface area contributed by atoms with Crippen LogP contribution in [0.2, 0.25) is 0 Å². The fourth-order valence-corrected chi connectivity index (χ4v) is 2.71. The van der Waals surface area contributed by atoms with E-state index in [-0.39, 0.29) is 42.0 Å². The molecule has 0 aliphatic rings. The van der Waals surface area contributed by atoms with Gasteiger partial charge in [-0.2, -0.15) is 8.78 Å². The van der Waals surface area contributed by atoms with Gasteiger partial charge in [0.2, 0.25) is 0 Å². The maximum Gasteiger partial charge on any atom is 0.387 e. The molecule has 0 fully saturated rings. The number of guanidine groups is 1. The molecule has 0 radical (unpaired) electrons. The lowest BCUT2D eigenvalue weighted by Gasteiger charge is -2.17. The summed E-state index contributed by atoms with van der Waals surface area (Å²) in [7, 11) is 3.28. The Morgan fingerprint density at radius 1 is 1.10 bits per heavy atom. The molecule has 2 aromatic rings. The quantitative estimate of drug-likeness (QED) is 0.271. The zero-order chi connectivity index (χ0) is 21.1. The molecule has 0 spiro atoms. The van der Waals surface area contributed by atoms with Crippen LogP contribution in [0.3, 0.4) is 0 Å². The first kappa shape index (κ1) is 25.7. The maximum atomic E-state index is 12.8. The van der Waals surface area contributed by atoms with Gasteiger partial charge in [-0.15, -0.1) is 24.0 Å². The Kier molecular flexibility index (Phi) is 11.9. The zero-order valence-corrected chi connectivity index (χ0v) is 19.6. The molecule has 2 N–H and O–H groups in total. The molecule has 0 atom stereocenters. The van der Waals surface area contributed by atoms with Crippen LogP contribution in [0.4, 0.5) is 8.78 Å². The SMILES string of the molecule is CCOc1cccc(CNC(=NC)NCCc2ccc(OC)cc2)c1OC(F)F.I. The number of alkyl halides is 2. The summed E-state index contributed by atoms with van der Waals surface area (Å²) < 4.78 is 40.9. The van der Waals surface area contributed by atoms with Gasteiger partial charge in [0.15, 0.2) is 17.5 Å². The highest BCUT2D eigenvalue weighted by Crippen LogP contribution is 2.32. The predicted molar refractivity (Wildman–Crippen MR) is 125 cm³/mol. The summed E-state index contributed by atoms with van der Waals surface area (Å²) in [5.41, 5.74) is 1.71. The second-order valence-corrected chi connectivity index (χ2v) is 6.01. The lowest BCUT2D eigenvalue weighted by Crippen LogP contribution is -2.38. The number of benzene rings is 2. The molecule has 0 aliphatic heterocycles. The van der Waals surface area contributed by atoms with Crippen molar-refractivity contribution < 1.29 is 23.0 Å². The molecule has 0 aromatic heterocycles. The van der Waals surface area contributed by atoms with Crippen LogP contribution in [0.1, 0.15) is 18.1 Å². The molecular weight excluding hydrogens is 507 g/mol. The van der Waals surface area contributed by atoms with E-state index in [1.807, 2.05) is 24.3 Å². The molecule has 0 saturated heterocycles. The average Bonchev–Trinajstić information content (AvgIpc) is 2.72. The molecular formula is C21H28F2IN3O3. The molecule has 0 saturated carbocycles. The fourth-order valence-electron chi connectivity index (χ4n) is 2.71. The van der Waals surface area contributed by atoms with E-state index in [0.717, 1.165) is 17.7 Å². The van der Waals surface area contributed by atoms with Gasteiger partial charge in [0.25, 0.3) is 0 Å². The fraction of sp³-hybridized carbons (Fsp3) is 0.381. The Morgan fingerprint density at radius 2 is 1.83 bits per heavy atom. The highest BCUT2D eigenvalue weighted by molar-refractivity contribution is 14.0. The number of rotatable bonds is 10. The van der Waals surface area contributed by atoms with Gasteiger partial charge in [-0.1, -0.05) is 24.3 Å². The highest BCUT2D eigenvalue weighted by Gasteiger charge is 2.16. The Labute approximate surface area is 193 Å². The van der Waals surface area contributed by atoms with E-state index in [1.165, 1.54) is 0 Å². The van der Waals surface area contributed by atoms with Crippen LogP contribution >= 0.6 is 24.0 Å². The summed E-state index contributed by atoms with van der Waals surface area (Å²) >= 11 is 0. The second kappa shape index (κ2) is 13.8. The lowest BCUT2D eigenvalue weighted by molar-refractivity contribution is -0.0520.